The van der Waals surface area contributed by atoms with Gasteiger partial charge in [0.25, 0.3) is 0 Å². The molecule has 1 rings (SSSR count). The number of hydrogen-bond donors (Lipinski definition) is 3. The molecule has 0 bridgehead atoms. The quantitative estimate of drug-likeness (QED) is 0.696. The molecule has 1 aromatic rings. The third-order valence-electron chi connectivity index (χ3n) is 2.80. The van der Waals surface area contributed by atoms with Crippen LogP contribution in [0.5, 0.6) is 5.75 Å². The van der Waals surface area contributed by atoms with Crippen molar-refractivity contribution >= 4 is 18.4 Å². The van der Waals surface area contributed by atoms with E-state index >= 15 is 0 Å². The van der Waals surface area contributed by atoms with Crippen LogP contribution in [0.15, 0.2) is 18.2 Å². The maximum absolute atomic E-state index is 10.9. The molecule has 0 fully saturated rings. The number of carboxylic acid groups (broad SMARTS) is 1. The molecule has 5 heteroatoms. The lowest BCUT2D eigenvalue weighted by Crippen LogP contribution is -2.11. The van der Waals surface area contributed by atoms with Gasteiger partial charge < -0.3 is 15.9 Å². The van der Waals surface area contributed by atoms with Crippen LogP contribution >= 0.6 is 12.4 Å². The van der Waals surface area contributed by atoms with Crippen molar-refractivity contribution < 1.29 is 15.0 Å². The van der Waals surface area contributed by atoms with E-state index in [4.69, 9.17) is 10.8 Å². The third kappa shape index (κ3) is 4.55. The second-order valence-electron chi connectivity index (χ2n) is 4.18. The first-order chi connectivity index (χ1) is 8.06. The van der Waals surface area contributed by atoms with Gasteiger partial charge in [0.05, 0.1) is 0 Å². The van der Waals surface area contributed by atoms with Crippen LogP contribution < -0.4 is 5.73 Å². The van der Waals surface area contributed by atoms with Crippen LogP contribution in [0.1, 0.15) is 54.6 Å². The smallest absolute Gasteiger partial charge is 0.339 e. The van der Waals surface area contributed by atoms with E-state index in [0.717, 1.165) is 31.2 Å². The molecule has 0 radical (unpaired) electrons. The summed E-state index contributed by atoms with van der Waals surface area (Å²) in [7, 11) is 0. The second-order valence-corrected chi connectivity index (χ2v) is 4.18. The number of halogens is 1. The summed E-state index contributed by atoms with van der Waals surface area (Å²) in [5.74, 6) is -1.35. The van der Waals surface area contributed by atoms with Gasteiger partial charge in [-0.2, -0.15) is 0 Å². The molecule has 0 unspecified atom stereocenters. The van der Waals surface area contributed by atoms with Crippen molar-refractivity contribution in [3.63, 3.8) is 0 Å². The summed E-state index contributed by atoms with van der Waals surface area (Å²) in [5.41, 5.74) is 6.65. The van der Waals surface area contributed by atoms with Gasteiger partial charge in [0, 0.05) is 6.04 Å². The Morgan fingerprint density at radius 1 is 1.39 bits per heavy atom. The minimum absolute atomic E-state index is 0. The van der Waals surface area contributed by atoms with Gasteiger partial charge in [0.1, 0.15) is 11.3 Å². The number of benzene rings is 1. The van der Waals surface area contributed by atoms with Crippen LogP contribution in [0.2, 0.25) is 0 Å². The van der Waals surface area contributed by atoms with Crippen molar-refractivity contribution in [2.45, 2.75) is 38.6 Å². The number of phenols is 1. The van der Waals surface area contributed by atoms with Crippen molar-refractivity contribution in [3.8, 4) is 5.75 Å². The lowest BCUT2D eigenvalue weighted by atomic mass is 9.99. The Labute approximate surface area is 113 Å². The zero-order valence-electron chi connectivity index (χ0n) is 10.4. The second kappa shape index (κ2) is 7.95. The van der Waals surface area contributed by atoms with Crippen LogP contribution in [0.25, 0.3) is 0 Å². The van der Waals surface area contributed by atoms with E-state index in [1.54, 1.807) is 6.07 Å². The molecule has 18 heavy (non-hydrogen) atoms. The number of carboxylic acids is 1. The van der Waals surface area contributed by atoms with Gasteiger partial charge in [-0.15, -0.1) is 12.4 Å². The van der Waals surface area contributed by atoms with Gasteiger partial charge >= 0.3 is 5.97 Å². The molecule has 102 valence electrons. The Bertz CT molecular complexity index is 396. The summed E-state index contributed by atoms with van der Waals surface area (Å²) in [6, 6.07) is 4.35. The predicted octanol–water partition coefficient (Wildman–Crippen LogP) is 3.09. The molecule has 0 aliphatic heterocycles. The zero-order chi connectivity index (χ0) is 12.8. The molecule has 0 saturated carbocycles. The Hall–Kier alpha value is -1.26. The molecule has 4 nitrogen and oxygen atoms in total. The lowest BCUT2D eigenvalue weighted by molar-refractivity contribution is 0.0693. The molecular formula is C13H20ClNO3. The molecule has 0 amide bonds. The lowest BCUT2D eigenvalue weighted by Gasteiger charge is -2.12. The molecule has 4 N–H and O–H groups in total. The average molecular weight is 274 g/mol. The number of unbranched alkanes of at least 4 members (excludes halogenated alkanes) is 2. The Balaban J connectivity index is 0.00000289. The van der Waals surface area contributed by atoms with Gasteiger partial charge in [0.15, 0.2) is 0 Å². The molecule has 1 aromatic carbocycles. The fourth-order valence-corrected chi connectivity index (χ4v) is 1.74. The standard InChI is InChI=1S/C13H19NO3.ClH/c1-2-3-4-5-11(14)9-6-7-12(15)10(8-9)13(16)17;/h6-8,11,15H,2-5,14H2,1H3,(H,16,17);1H/t11-;/m0./s1. The molecule has 0 saturated heterocycles. The molecule has 0 aliphatic rings. The highest BCUT2D eigenvalue weighted by Crippen LogP contribution is 2.24. The molecule has 0 heterocycles. The fraction of sp³-hybridized carbons (Fsp3) is 0.462. The highest BCUT2D eigenvalue weighted by molar-refractivity contribution is 5.90. The summed E-state index contributed by atoms with van der Waals surface area (Å²) in [6.07, 6.45) is 4.11. The van der Waals surface area contributed by atoms with E-state index in [1.807, 2.05) is 0 Å². The largest absolute Gasteiger partial charge is 0.507 e. The normalized spacial score (nSPS) is 11.7. The summed E-state index contributed by atoms with van der Waals surface area (Å²) in [5, 5.41) is 18.3. The van der Waals surface area contributed by atoms with Crippen molar-refractivity contribution in [1.29, 1.82) is 0 Å². The van der Waals surface area contributed by atoms with Crippen molar-refractivity contribution in [2.75, 3.05) is 0 Å². The van der Waals surface area contributed by atoms with Gasteiger partial charge in [-0.1, -0.05) is 32.3 Å². The number of hydrogen-bond acceptors (Lipinski definition) is 3. The SMILES string of the molecule is CCCCC[C@H](N)c1ccc(O)c(C(=O)O)c1.Cl. The first kappa shape index (κ1) is 16.7. The van der Waals surface area contributed by atoms with Crippen molar-refractivity contribution in [3.05, 3.63) is 29.3 Å². The monoisotopic (exact) mass is 273 g/mol. The number of aromatic hydroxyl groups is 1. The highest BCUT2D eigenvalue weighted by atomic mass is 35.5. The van der Waals surface area contributed by atoms with Crippen LogP contribution in [-0.2, 0) is 0 Å². The summed E-state index contributed by atoms with van der Waals surface area (Å²) in [6.45, 7) is 2.12. The summed E-state index contributed by atoms with van der Waals surface area (Å²) in [4.78, 5) is 10.9. The highest BCUT2D eigenvalue weighted by Gasteiger charge is 2.13. The van der Waals surface area contributed by atoms with Crippen LogP contribution in [-0.4, -0.2) is 16.2 Å². The van der Waals surface area contributed by atoms with E-state index in [2.05, 4.69) is 6.92 Å². The van der Waals surface area contributed by atoms with E-state index in [1.165, 1.54) is 12.1 Å². The molecule has 1 atom stereocenters. The van der Waals surface area contributed by atoms with Gasteiger partial charge in [-0.25, -0.2) is 4.79 Å². The number of aromatic carboxylic acids is 1. The maximum atomic E-state index is 10.9. The van der Waals surface area contributed by atoms with E-state index in [-0.39, 0.29) is 29.8 Å². The number of rotatable bonds is 6. The van der Waals surface area contributed by atoms with Gasteiger partial charge in [-0.3, -0.25) is 0 Å². The number of carbonyl (C=O) groups is 1. The van der Waals surface area contributed by atoms with E-state index in [0.29, 0.717) is 0 Å². The topological polar surface area (TPSA) is 83.5 Å². The maximum Gasteiger partial charge on any atom is 0.339 e. The zero-order valence-corrected chi connectivity index (χ0v) is 11.2. The third-order valence-corrected chi connectivity index (χ3v) is 2.80. The van der Waals surface area contributed by atoms with E-state index in [9.17, 15) is 9.90 Å². The van der Waals surface area contributed by atoms with Crippen molar-refractivity contribution in [1.82, 2.24) is 0 Å². The minimum Gasteiger partial charge on any atom is -0.507 e. The van der Waals surface area contributed by atoms with Gasteiger partial charge in [0.2, 0.25) is 0 Å². The first-order valence-corrected chi connectivity index (χ1v) is 5.88. The van der Waals surface area contributed by atoms with Gasteiger partial charge in [-0.05, 0) is 24.1 Å². The van der Waals surface area contributed by atoms with Crippen LogP contribution in [0.4, 0.5) is 0 Å². The Morgan fingerprint density at radius 2 is 2.06 bits per heavy atom. The minimum atomic E-state index is -1.13. The van der Waals surface area contributed by atoms with Crippen molar-refractivity contribution in [2.24, 2.45) is 5.73 Å². The molecular weight excluding hydrogens is 254 g/mol. The Kier molecular flexibility index (Phi) is 7.39. The fourth-order valence-electron chi connectivity index (χ4n) is 1.74. The summed E-state index contributed by atoms with van der Waals surface area (Å²) < 4.78 is 0. The molecule has 0 spiro atoms. The molecule has 0 aromatic heterocycles. The Morgan fingerprint density at radius 3 is 2.61 bits per heavy atom. The average Bonchev–Trinajstić information content (AvgIpc) is 2.29. The predicted molar refractivity (Wildman–Crippen MR) is 73.4 cm³/mol. The van der Waals surface area contributed by atoms with E-state index < -0.39 is 5.97 Å². The van der Waals surface area contributed by atoms with Crippen LogP contribution in [0.3, 0.4) is 0 Å². The molecule has 0 aliphatic carbocycles. The number of nitrogens with two attached hydrogens (primary N) is 1. The van der Waals surface area contributed by atoms with Crippen LogP contribution in [0, 0.1) is 0 Å². The first-order valence-electron chi connectivity index (χ1n) is 5.88. The summed E-state index contributed by atoms with van der Waals surface area (Å²) >= 11 is 0.